The maximum absolute atomic E-state index is 11.2. The summed E-state index contributed by atoms with van der Waals surface area (Å²) in [5, 5.41) is 6.16. The molecular weight excluding hydrogens is 164 g/mol. The second kappa shape index (κ2) is 6.89. The van der Waals surface area contributed by atoms with Gasteiger partial charge in [0.15, 0.2) is 0 Å². The van der Waals surface area contributed by atoms with Crippen LogP contribution in [0.5, 0.6) is 0 Å². The van der Waals surface area contributed by atoms with E-state index >= 15 is 0 Å². The first-order chi connectivity index (χ1) is 6.07. The van der Waals surface area contributed by atoms with Gasteiger partial charge in [0.2, 0.25) is 5.91 Å². The van der Waals surface area contributed by atoms with Gasteiger partial charge in [0.1, 0.15) is 0 Å². The zero-order valence-electron chi connectivity index (χ0n) is 9.18. The van der Waals surface area contributed by atoms with Gasteiger partial charge in [-0.25, -0.2) is 0 Å². The van der Waals surface area contributed by atoms with E-state index in [4.69, 9.17) is 0 Å². The van der Waals surface area contributed by atoms with Crippen molar-refractivity contribution in [3.63, 3.8) is 0 Å². The lowest BCUT2D eigenvalue weighted by atomic mass is 10.1. The van der Waals surface area contributed by atoms with Crippen molar-refractivity contribution in [2.75, 3.05) is 19.6 Å². The first-order valence-electron chi connectivity index (χ1n) is 5.06. The second-order valence-electron chi connectivity index (χ2n) is 3.81. The fourth-order valence-electron chi connectivity index (χ4n) is 0.942. The predicted octanol–water partition coefficient (Wildman–Crippen LogP) is 1.00. The van der Waals surface area contributed by atoms with E-state index in [0.29, 0.717) is 5.92 Å². The van der Waals surface area contributed by atoms with Gasteiger partial charge in [-0.2, -0.15) is 0 Å². The fourth-order valence-corrected chi connectivity index (χ4v) is 0.942. The van der Waals surface area contributed by atoms with Crippen molar-refractivity contribution in [3.05, 3.63) is 0 Å². The van der Waals surface area contributed by atoms with Crippen LogP contribution in [-0.2, 0) is 4.79 Å². The van der Waals surface area contributed by atoms with Crippen LogP contribution in [0.3, 0.4) is 0 Å². The van der Waals surface area contributed by atoms with Crippen molar-refractivity contribution in [3.8, 4) is 0 Å². The predicted molar refractivity (Wildman–Crippen MR) is 55.6 cm³/mol. The Bertz CT molecular complexity index is 146. The molecule has 0 aliphatic rings. The molecule has 0 aromatic carbocycles. The molecule has 0 aliphatic carbocycles. The standard InChI is InChI=1S/C10H22N2O/c1-5-11-6-9(4)7-12-10(13)8(2)3/h8-9,11H,5-7H2,1-4H3,(H,12,13). The molecule has 0 radical (unpaired) electrons. The monoisotopic (exact) mass is 186 g/mol. The van der Waals surface area contributed by atoms with E-state index in [2.05, 4.69) is 24.5 Å². The maximum atomic E-state index is 11.2. The Balaban J connectivity index is 3.46. The van der Waals surface area contributed by atoms with Gasteiger partial charge < -0.3 is 10.6 Å². The van der Waals surface area contributed by atoms with Crippen LogP contribution in [0, 0.1) is 11.8 Å². The number of rotatable bonds is 6. The molecule has 0 rings (SSSR count). The quantitative estimate of drug-likeness (QED) is 0.650. The lowest BCUT2D eigenvalue weighted by molar-refractivity contribution is -0.124. The first-order valence-corrected chi connectivity index (χ1v) is 5.06. The van der Waals surface area contributed by atoms with Gasteiger partial charge in [0.05, 0.1) is 0 Å². The van der Waals surface area contributed by atoms with Crippen LogP contribution in [0.25, 0.3) is 0 Å². The normalized spacial score (nSPS) is 13.0. The van der Waals surface area contributed by atoms with Crippen molar-refractivity contribution in [2.24, 2.45) is 11.8 Å². The highest BCUT2D eigenvalue weighted by atomic mass is 16.1. The van der Waals surface area contributed by atoms with E-state index in [9.17, 15) is 4.79 Å². The zero-order chi connectivity index (χ0) is 10.3. The van der Waals surface area contributed by atoms with E-state index < -0.39 is 0 Å². The molecule has 0 aromatic heterocycles. The highest BCUT2D eigenvalue weighted by Gasteiger charge is 2.07. The lowest BCUT2D eigenvalue weighted by Gasteiger charge is -2.13. The zero-order valence-corrected chi connectivity index (χ0v) is 9.18. The van der Waals surface area contributed by atoms with Crippen molar-refractivity contribution >= 4 is 5.91 Å². The summed E-state index contributed by atoms with van der Waals surface area (Å²) in [5.74, 6) is 0.734. The summed E-state index contributed by atoms with van der Waals surface area (Å²) in [6.45, 7) is 10.7. The number of amides is 1. The number of carbonyl (C=O) groups excluding carboxylic acids is 1. The Hall–Kier alpha value is -0.570. The average molecular weight is 186 g/mol. The molecule has 2 N–H and O–H groups in total. The maximum Gasteiger partial charge on any atom is 0.222 e. The summed E-state index contributed by atoms with van der Waals surface area (Å²) in [5.41, 5.74) is 0. The van der Waals surface area contributed by atoms with Gasteiger partial charge in [-0.3, -0.25) is 4.79 Å². The van der Waals surface area contributed by atoms with Crippen molar-refractivity contribution in [1.82, 2.24) is 10.6 Å². The minimum atomic E-state index is 0.0892. The van der Waals surface area contributed by atoms with E-state index in [-0.39, 0.29) is 11.8 Å². The molecule has 1 amide bonds. The molecule has 0 spiro atoms. The van der Waals surface area contributed by atoms with Crippen LogP contribution in [0.2, 0.25) is 0 Å². The number of hydrogen-bond acceptors (Lipinski definition) is 2. The summed E-state index contributed by atoms with van der Waals surface area (Å²) < 4.78 is 0. The third kappa shape index (κ3) is 6.58. The van der Waals surface area contributed by atoms with Crippen molar-refractivity contribution in [2.45, 2.75) is 27.7 Å². The molecule has 3 nitrogen and oxygen atoms in total. The van der Waals surface area contributed by atoms with Gasteiger partial charge >= 0.3 is 0 Å². The molecule has 13 heavy (non-hydrogen) atoms. The molecule has 1 unspecified atom stereocenters. The largest absolute Gasteiger partial charge is 0.356 e. The highest BCUT2D eigenvalue weighted by molar-refractivity contribution is 5.77. The Morgan fingerprint density at radius 3 is 2.31 bits per heavy atom. The van der Waals surface area contributed by atoms with E-state index in [1.165, 1.54) is 0 Å². The molecule has 3 heteroatoms. The van der Waals surface area contributed by atoms with Gasteiger partial charge in [-0.05, 0) is 19.0 Å². The van der Waals surface area contributed by atoms with E-state index in [1.807, 2.05) is 13.8 Å². The molecule has 0 aliphatic heterocycles. The molecule has 0 saturated carbocycles. The first kappa shape index (κ1) is 12.4. The topological polar surface area (TPSA) is 41.1 Å². The van der Waals surface area contributed by atoms with E-state index in [1.54, 1.807) is 0 Å². The lowest BCUT2D eigenvalue weighted by Crippen LogP contribution is -2.35. The molecule has 1 atom stereocenters. The van der Waals surface area contributed by atoms with Crippen LogP contribution < -0.4 is 10.6 Å². The van der Waals surface area contributed by atoms with Crippen molar-refractivity contribution < 1.29 is 4.79 Å². The molecule has 0 fully saturated rings. The SMILES string of the molecule is CCNCC(C)CNC(=O)C(C)C. The molecule has 0 bridgehead atoms. The minimum absolute atomic E-state index is 0.0892. The Kier molecular flexibility index (Phi) is 6.59. The molecule has 0 heterocycles. The Morgan fingerprint density at radius 1 is 1.23 bits per heavy atom. The molecule has 78 valence electrons. The third-order valence-corrected chi connectivity index (χ3v) is 1.89. The summed E-state index contributed by atoms with van der Waals surface area (Å²) in [6.07, 6.45) is 0. The van der Waals surface area contributed by atoms with Crippen LogP contribution in [0.1, 0.15) is 27.7 Å². The van der Waals surface area contributed by atoms with Gasteiger partial charge in [-0.1, -0.05) is 27.7 Å². The van der Waals surface area contributed by atoms with Gasteiger partial charge in [-0.15, -0.1) is 0 Å². The van der Waals surface area contributed by atoms with E-state index in [0.717, 1.165) is 19.6 Å². The van der Waals surface area contributed by atoms with Crippen LogP contribution in [-0.4, -0.2) is 25.5 Å². The third-order valence-electron chi connectivity index (χ3n) is 1.89. The number of nitrogens with one attached hydrogen (secondary N) is 2. The smallest absolute Gasteiger partial charge is 0.222 e. The highest BCUT2D eigenvalue weighted by Crippen LogP contribution is 1.93. The van der Waals surface area contributed by atoms with Crippen LogP contribution >= 0.6 is 0 Å². The Morgan fingerprint density at radius 2 is 1.85 bits per heavy atom. The van der Waals surface area contributed by atoms with Gasteiger partial charge in [0.25, 0.3) is 0 Å². The second-order valence-corrected chi connectivity index (χ2v) is 3.81. The average Bonchev–Trinajstić information content (AvgIpc) is 2.10. The Labute approximate surface area is 81.3 Å². The summed E-state index contributed by atoms with van der Waals surface area (Å²) >= 11 is 0. The molecular formula is C10H22N2O. The number of carbonyl (C=O) groups is 1. The van der Waals surface area contributed by atoms with Crippen LogP contribution in [0.4, 0.5) is 0 Å². The van der Waals surface area contributed by atoms with Gasteiger partial charge in [0, 0.05) is 12.5 Å². The summed E-state index contributed by atoms with van der Waals surface area (Å²) in [6, 6.07) is 0. The molecule has 0 aromatic rings. The van der Waals surface area contributed by atoms with Crippen LogP contribution in [0.15, 0.2) is 0 Å². The summed E-state index contributed by atoms with van der Waals surface area (Å²) in [7, 11) is 0. The minimum Gasteiger partial charge on any atom is -0.356 e. The molecule has 0 saturated heterocycles. The number of hydrogen-bond donors (Lipinski definition) is 2. The van der Waals surface area contributed by atoms with Crippen molar-refractivity contribution in [1.29, 1.82) is 0 Å². The summed E-state index contributed by atoms with van der Waals surface area (Å²) in [4.78, 5) is 11.2. The fraction of sp³-hybridized carbons (Fsp3) is 0.900.